The highest BCUT2D eigenvalue weighted by molar-refractivity contribution is 8.18. The molecule has 2 saturated heterocycles. The molecule has 0 aliphatic carbocycles. The summed E-state index contributed by atoms with van der Waals surface area (Å²) in [6, 6.07) is 10.8. The van der Waals surface area contributed by atoms with Gasteiger partial charge in [-0.25, -0.2) is 0 Å². The summed E-state index contributed by atoms with van der Waals surface area (Å²) < 4.78 is 5.79. The molecular formula is C22H21ClN2O4S. The Morgan fingerprint density at radius 2 is 1.87 bits per heavy atom. The van der Waals surface area contributed by atoms with Gasteiger partial charge >= 0.3 is 0 Å². The van der Waals surface area contributed by atoms with Gasteiger partial charge in [0.1, 0.15) is 18.1 Å². The number of hydrogen-bond acceptors (Lipinski definition) is 5. The molecule has 30 heavy (non-hydrogen) atoms. The smallest absolute Gasteiger partial charge is 0.294 e. The Kier molecular flexibility index (Phi) is 6.29. The van der Waals surface area contributed by atoms with E-state index in [-0.39, 0.29) is 17.4 Å². The third kappa shape index (κ3) is 4.63. The van der Waals surface area contributed by atoms with Crippen molar-refractivity contribution in [2.75, 3.05) is 19.6 Å². The SMILES string of the molecule is O=C(CN1C(=O)SC(=Cc2ccc(-c3cccc(Cl)c3)o2)C1=O)N1CCCCCC1. The Morgan fingerprint density at radius 3 is 2.60 bits per heavy atom. The zero-order chi connectivity index (χ0) is 21.1. The highest BCUT2D eigenvalue weighted by Crippen LogP contribution is 2.33. The van der Waals surface area contributed by atoms with Crippen molar-refractivity contribution in [1.29, 1.82) is 0 Å². The number of carbonyl (C=O) groups is 3. The van der Waals surface area contributed by atoms with Gasteiger partial charge in [0.2, 0.25) is 5.91 Å². The summed E-state index contributed by atoms with van der Waals surface area (Å²) in [4.78, 5) is 40.7. The second-order valence-electron chi connectivity index (χ2n) is 7.28. The number of imide groups is 1. The molecule has 0 atom stereocenters. The van der Waals surface area contributed by atoms with Crippen molar-refractivity contribution in [2.24, 2.45) is 0 Å². The number of furan rings is 1. The molecule has 4 rings (SSSR count). The Labute approximate surface area is 183 Å². The molecule has 2 fully saturated rings. The quantitative estimate of drug-likeness (QED) is 0.618. The van der Waals surface area contributed by atoms with E-state index in [0.717, 1.165) is 47.9 Å². The first kappa shape index (κ1) is 20.8. The van der Waals surface area contributed by atoms with Crippen LogP contribution in [0.25, 0.3) is 17.4 Å². The molecule has 0 N–H and O–H groups in total. The number of benzene rings is 1. The number of rotatable bonds is 4. The third-order valence-electron chi connectivity index (χ3n) is 5.14. The second-order valence-corrected chi connectivity index (χ2v) is 8.70. The van der Waals surface area contributed by atoms with Crippen LogP contribution >= 0.6 is 23.4 Å². The molecule has 0 bridgehead atoms. The third-order valence-corrected chi connectivity index (χ3v) is 6.28. The summed E-state index contributed by atoms with van der Waals surface area (Å²) in [6.45, 7) is 1.15. The Morgan fingerprint density at radius 1 is 1.10 bits per heavy atom. The summed E-state index contributed by atoms with van der Waals surface area (Å²) in [5.74, 6) is 0.421. The normalized spacial score (nSPS) is 18.9. The predicted molar refractivity (Wildman–Crippen MR) is 117 cm³/mol. The number of likely N-dealkylation sites (tertiary alicyclic amines) is 1. The topological polar surface area (TPSA) is 70.8 Å². The van der Waals surface area contributed by atoms with Gasteiger partial charge in [-0.2, -0.15) is 0 Å². The van der Waals surface area contributed by atoms with E-state index in [1.165, 1.54) is 6.08 Å². The van der Waals surface area contributed by atoms with Gasteiger partial charge in [-0.3, -0.25) is 19.3 Å². The zero-order valence-corrected chi connectivity index (χ0v) is 17.9. The average molecular weight is 445 g/mol. The van der Waals surface area contributed by atoms with E-state index in [1.807, 2.05) is 12.1 Å². The zero-order valence-electron chi connectivity index (χ0n) is 16.3. The Bertz CT molecular complexity index is 1010. The largest absolute Gasteiger partial charge is 0.457 e. The van der Waals surface area contributed by atoms with Gasteiger partial charge in [-0.15, -0.1) is 0 Å². The van der Waals surface area contributed by atoms with Crippen LogP contribution in [0.2, 0.25) is 5.02 Å². The summed E-state index contributed by atoms with van der Waals surface area (Å²) >= 11 is 6.84. The van der Waals surface area contributed by atoms with E-state index in [1.54, 1.807) is 29.2 Å². The van der Waals surface area contributed by atoms with E-state index in [0.29, 0.717) is 29.6 Å². The second kappa shape index (κ2) is 9.10. The van der Waals surface area contributed by atoms with Gasteiger partial charge in [0.05, 0.1) is 4.91 Å². The first-order valence-corrected chi connectivity index (χ1v) is 11.1. The maximum Gasteiger partial charge on any atom is 0.294 e. The van der Waals surface area contributed by atoms with Crippen molar-refractivity contribution < 1.29 is 18.8 Å². The van der Waals surface area contributed by atoms with E-state index < -0.39 is 11.1 Å². The molecule has 0 radical (unpaired) electrons. The van der Waals surface area contributed by atoms with Crippen LogP contribution in [-0.4, -0.2) is 46.5 Å². The molecule has 0 saturated carbocycles. The Balaban J connectivity index is 1.46. The van der Waals surface area contributed by atoms with Crippen molar-refractivity contribution in [1.82, 2.24) is 9.80 Å². The fourth-order valence-corrected chi connectivity index (χ4v) is 4.56. The first-order valence-electron chi connectivity index (χ1n) is 9.90. The molecule has 6 nitrogen and oxygen atoms in total. The molecule has 156 valence electrons. The average Bonchev–Trinajstić information content (AvgIpc) is 3.16. The van der Waals surface area contributed by atoms with Gasteiger partial charge in [0.15, 0.2) is 0 Å². The number of amides is 3. The molecule has 1 aromatic carbocycles. The molecule has 2 aromatic rings. The van der Waals surface area contributed by atoms with Crippen LogP contribution in [0.3, 0.4) is 0 Å². The van der Waals surface area contributed by atoms with Crippen molar-refractivity contribution in [2.45, 2.75) is 25.7 Å². The van der Waals surface area contributed by atoms with Crippen LogP contribution in [0.1, 0.15) is 31.4 Å². The van der Waals surface area contributed by atoms with Crippen LogP contribution in [-0.2, 0) is 9.59 Å². The molecule has 2 aliphatic rings. The fourth-order valence-electron chi connectivity index (χ4n) is 3.55. The van der Waals surface area contributed by atoms with Gasteiger partial charge in [0.25, 0.3) is 11.1 Å². The monoisotopic (exact) mass is 444 g/mol. The maximum absolute atomic E-state index is 12.7. The molecular weight excluding hydrogens is 424 g/mol. The lowest BCUT2D eigenvalue weighted by atomic mass is 10.2. The van der Waals surface area contributed by atoms with Crippen LogP contribution in [0.4, 0.5) is 4.79 Å². The van der Waals surface area contributed by atoms with E-state index in [2.05, 4.69) is 0 Å². The molecule has 3 heterocycles. The van der Waals surface area contributed by atoms with Crippen LogP contribution in [0.5, 0.6) is 0 Å². The lowest BCUT2D eigenvalue weighted by molar-refractivity contribution is -0.135. The lowest BCUT2D eigenvalue weighted by Gasteiger charge is -2.22. The van der Waals surface area contributed by atoms with Crippen LogP contribution in [0, 0.1) is 0 Å². The minimum Gasteiger partial charge on any atom is -0.457 e. The number of halogens is 1. The number of thioether (sulfide) groups is 1. The molecule has 1 aromatic heterocycles. The van der Waals surface area contributed by atoms with Gasteiger partial charge in [0, 0.05) is 29.8 Å². The summed E-state index contributed by atoms with van der Waals surface area (Å²) in [5.41, 5.74) is 0.818. The maximum atomic E-state index is 12.7. The first-order chi connectivity index (χ1) is 14.5. The minimum atomic E-state index is -0.464. The molecule has 0 spiro atoms. The lowest BCUT2D eigenvalue weighted by Crippen LogP contribution is -2.42. The summed E-state index contributed by atoms with van der Waals surface area (Å²) in [6.07, 6.45) is 5.67. The van der Waals surface area contributed by atoms with Crippen LogP contribution in [0.15, 0.2) is 45.7 Å². The summed E-state index contributed by atoms with van der Waals surface area (Å²) in [5, 5.41) is 0.164. The highest BCUT2D eigenvalue weighted by atomic mass is 35.5. The highest BCUT2D eigenvalue weighted by Gasteiger charge is 2.37. The van der Waals surface area contributed by atoms with Crippen molar-refractivity contribution >= 4 is 46.5 Å². The van der Waals surface area contributed by atoms with E-state index in [4.69, 9.17) is 16.0 Å². The number of nitrogens with zero attached hydrogens (tertiary/aromatic N) is 2. The van der Waals surface area contributed by atoms with Gasteiger partial charge < -0.3 is 9.32 Å². The fraction of sp³-hybridized carbons (Fsp3) is 0.318. The van der Waals surface area contributed by atoms with Crippen molar-refractivity contribution in [3.05, 3.63) is 52.1 Å². The number of carbonyl (C=O) groups excluding carboxylic acids is 3. The molecule has 3 amide bonds. The molecule has 2 aliphatic heterocycles. The Hall–Kier alpha value is -2.51. The van der Waals surface area contributed by atoms with Crippen molar-refractivity contribution in [3.63, 3.8) is 0 Å². The predicted octanol–water partition coefficient (Wildman–Crippen LogP) is 5.04. The van der Waals surface area contributed by atoms with E-state index in [9.17, 15) is 14.4 Å². The van der Waals surface area contributed by atoms with E-state index >= 15 is 0 Å². The summed E-state index contributed by atoms with van der Waals surface area (Å²) in [7, 11) is 0. The standard InChI is InChI=1S/C22H21ClN2O4S/c23-16-7-5-6-15(12-16)18-9-8-17(29-18)13-19-21(27)25(22(28)30-19)14-20(26)24-10-3-1-2-4-11-24/h5-9,12-13H,1-4,10-11,14H2. The molecule has 8 heteroatoms. The minimum absolute atomic E-state index is 0.179. The van der Waals surface area contributed by atoms with Crippen LogP contribution < -0.4 is 0 Å². The van der Waals surface area contributed by atoms with Crippen molar-refractivity contribution in [3.8, 4) is 11.3 Å². The number of hydrogen-bond donors (Lipinski definition) is 0. The van der Waals surface area contributed by atoms with Gasteiger partial charge in [-0.05, 0) is 48.9 Å². The van der Waals surface area contributed by atoms with Gasteiger partial charge in [-0.1, -0.05) is 36.6 Å². The molecule has 0 unspecified atom stereocenters.